The third-order valence-corrected chi connectivity index (χ3v) is 5.69. The van der Waals surface area contributed by atoms with Gasteiger partial charge in [0.1, 0.15) is 5.82 Å². The molecule has 162 valence electrons. The zero-order valence-corrected chi connectivity index (χ0v) is 18.8. The van der Waals surface area contributed by atoms with Crippen LogP contribution in [-0.2, 0) is 17.8 Å². The van der Waals surface area contributed by atoms with Gasteiger partial charge in [-0.05, 0) is 45.0 Å². The lowest BCUT2D eigenvalue weighted by molar-refractivity contribution is -0.113. The van der Waals surface area contributed by atoms with Gasteiger partial charge in [0.2, 0.25) is 5.91 Å². The Morgan fingerprint density at radius 1 is 0.968 bits per heavy atom. The van der Waals surface area contributed by atoms with Gasteiger partial charge in [-0.25, -0.2) is 0 Å². The van der Waals surface area contributed by atoms with E-state index in [0.717, 1.165) is 22.6 Å². The fraction of sp³-hybridized carbons (Fsp3) is 0.304. The highest BCUT2D eigenvalue weighted by Crippen LogP contribution is 2.18. The predicted molar refractivity (Wildman–Crippen MR) is 123 cm³/mol. The number of amides is 2. The summed E-state index contributed by atoms with van der Waals surface area (Å²) in [5.74, 6) is 0.834. The normalized spacial score (nSPS) is 10.7. The van der Waals surface area contributed by atoms with Gasteiger partial charge >= 0.3 is 0 Å². The van der Waals surface area contributed by atoms with E-state index in [1.165, 1.54) is 11.8 Å². The fourth-order valence-electron chi connectivity index (χ4n) is 2.99. The van der Waals surface area contributed by atoms with Crippen LogP contribution < -0.4 is 10.6 Å². The van der Waals surface area contributed by atoms with E-state index in [-0.39, 0.29) is 17.6 Å². The zero-order chi connectivity index (χ0) is 22.2. The number of rotatable bonds is 9. The minimum atomic E-state index is -0.107. The first kappa shape index (κ1) is 22.6. The summed E-state index contributed by atoms with van der Waals surface area (Å²) in [6, 6.07) is 15.2. The summed E-state index contributed by atoms with van der Waals surface area (Å²) >= 11 is 1.35. The van der Waals surface area contributed by atoms with Crippen molar-refractivity contribution in [3.8, 4) is 0 Å². The van der Waals surface area contributed by atoms with Crippen molar-refractivity contribution < 1.29 is 9.59 Å². The molecule has 2 N–H and O–H groups in total. The summed E-state index contributed by atoms with van der Waals surface area (Å²) in [5.41, 5.74) is 3.67. The molecule has 1 aromatic heterocycles. The molecule has 0 spiro atoms. The molecule has 0 unspecified atom stereocenters. The number of anilines is 1. The third-order valence-electron chi connectivity index (χ3n) is 4.73. The second-order valence-electron chi connectivity index (χ2n) is 7.22. The van der Waals surface area contributed by atoms with Gasteiger partial charge in [0.25, 0.3) is 5.91 Å². The summed E-state index contributed by atoms with van der Waals surface area (Å²) in [5, 5.41) is 15.0. The Morgan fingerprint density at radius 3 is 2.26 bits per heavy atom. The Labute approximate surface area is 186 Å². The summed E-state index contributed by atoms with van der Waals surface area (Å²) in [6.07, 6.45) is 0.564. The van der Waals surface area contributed by atoms with Crippen LogP contribution in [0.5, 0.6) is 0 Å². The first-order chi connectivity index (χ1) is 15.0. The average Bonchev–Trinajstić information content (AvgIpc) is 3.16. The highest BCUT2D eigenvalue weighted by Gasteiger charge is 2.14. The van der Waals surface area contributed by atoms with Crippen molar-refractivity contribution in [2.75, 3.05) is 17.6 Å². The molecule has 0 saturated carbocycles. The summed E-state index contributed by atoms with van der Waals surface area (Å²) in [6.45, 7) is 7.15. The van der Waals surface area contributed by atoms with E-state index in [1.807, 2.05) is 73.9 Å². The highest BCUT2D eigenvalue weighted by molar-refractivity contribution is 7.99. The molecule has 3 rings (SSSR count). The van der Waals surface area contributed by atoms with Crippen molar-refractivity contribution in [2.24, 2.45) is 0 Å². The molecule has 7 nitrogen and oxygen atoms in total. The van der Waals surface area contributed by atoms with Crippen molar-refractivity contribution in [2.45, 2.75) is 38.9 Å². The molecule has 0 aliphatic heterocycles. The third kappa shape index (κ3) is 6.42. The van der Waals surface area contributed by atoms with Crippen LogP contribution >= 0.6 is 11.8 Å². The molecule has 0 aliphatic rings. The number of carbonyl (C=O) groups excluding carboxylic acids is 2. The molecule has 0 radical (unpaired) electrons. The van der Waals surface area contributed by atoms with Crippen LogP contribution in [0.15, 0.2) is 53.7 Å². The van der Waals surface area contributed by atoms with Crippen molar-refractivity contribution in [1.29, 1.82) is 0 Å². The number of nitrogens with one attached hydrogen (secondary N) is 2. The van der Waals surface area contributed by atoms with Gasteiger partial charge in [-0.1, -0.05) is 47.2 Å². The number of nitrogens with zero attached hydrogens (tertiary/aromatic N) is 3. The summed E-state index contributed by atoms with van der Waals surface area (Å²) in [7, 11) is 0. The second kappa shape index (κ2) is 10.8. The van der Waals surface area contributed by atoms with E-state index < -0.39 is 0 Å². The molecular weight excluding hydrogens is 410 g/mol. The summed E-state index contributed by atoms with van der Waals surface area (Å²) in [4.78, 5) is 24.5. The number of thioether (sulfide) groups is 1. The Kier molecular flexibility index (Phi) is 7.83. The average molecular weight is 438 g/mol. The standard InChI is InChI=1S/C23H27N5O2S/c1-4-28-20(13-14-24-22(30)18-9-5-16(2)6-10-18)26-27-23(28)31-15-21(29)25-19-11-7-17(3)8-12-19/h5-12H,4,13-15H2,1-3H3,(H,24,30)(H,25,29). The van der Waals surface area contributed by atoms with Crippen molar-refractivity contribution in [3.05, 3.63) is 71.0 Å². The van der Waals surface area contributed by atoms with Gasteiger partial charge in [-0.15, -0.1) is 10.2 Å². The molecule has 0 fully saturated rings. The van der Waals surface area contributed by atoms with Crippen molar-refractivity contribution >= 4 is 29.3 Å². The van der Waals surface area contributed by atoms with Crippen LogP contribution in [-0.4, -0.2) is 38.9 Å². The molecule has 0 atom stereocenters. The summed E-state index contributed by atoms with van der Waals surface area (Å²) < 4.78 is 1.97. The topological polar surface area (TPSA) is 88.9 Å². The zero-order valence-electron chi connectivity index (χ0n) is 18.0. The SMILES string of the molecule is CCn1c(CCNC(=O)c2ccc(C)cc2)nnc1SCC(=O)Nc1ccc(C)cc1. The van der Waals surface area contributed by atoms with Crippen LogP contribution in [0.2, 0.25) is 0 Å². The number of hydrogen-bond acceptors (Lipinski definition) is 5. The molecule has 8 heteroatoms. The van der Waals surface area contributed by atoms with Gasteiger partial charge in [-0.3, -0.25) is 9.59 Å². The molecule has 0 aliphatic carbocycles. The fourth-order valence-corrected chi connectivity index (χ4v) is 3.81. The number of aryl methyl sites for hydroxylation is 2. The van der Waals surface area contributed by atoms with Crippen molar-refractivity contribution in [3.63, 3.8) is 0 Å². The molecule has 0 bridgehead atoms. The lowest BCUT2D eigenvalue weighted by Crippen LogP contribution is -2.26. The van der Waals surface area contributed by atoms with Crippen LogP contribution in [0.4, 0.5) is 5.69 Å². The van der Waals surface area contributed by atoms with Crippen LogP contribution in [0.1, 0.15) is 34.2 Å². The van der Waals surface area contributed by atoms with E-state index in [2.05, 4.69) is 20.8 Å². The first-order valence-corrected chi connectivity index (χ1v) is 11.2. The molecule has 31 heavy (non-hydrogen) atoms. The molecule has 0 saturated heterocycles. The predicted octanol–water partition coefficient (Wildman–Crippen LogP) is 3.62. The molecule has 2 amide bonds. The Morgan fingerprint density at radius 2 is 1.61 bits per heavy atom. The monoisotopic (exact) mass is 437 g/mol. The lowest BCUT2D eigenvalue weighted by Gasteiger charge is -2.09. The molecule has 2 aromatic carbocycles. The van der Waals surface area contributed by atoms with E-state index in [0.29, 0.717) is 30.2 Å². The van der Waals surface area contributed by atoms with Gasteiger partial charge in [0, 0.05) is 30.8 Å². The number of aromatic nitrogens is 3. The minimum absolute atomic E-state index is 0.0913. The maximum Gasteiger partial charge on any atom is 0.251 e. The smallest absolute Gasteiger partial charge is 0.251 e. The first-order valence-electron chi connectivity index (χ1n) is 10.2. The number of benzene rings is 2. The van der Waals surface area contributed by atoms with E-state index in [1.54, 1.807) is 0 Å². The quantitative estimate of drug-likeness (QED) is 0.499. The molecule has 1 heterocycles. The second-order valence-corrected chi connectivity index (χ2v) is 8.16. The van der Waals surface area contributed by atoms with E-state index >= 15 is 0 Å². The van der Waals surface area contributed by atoms with Gasteiger partial charge in [-0.2, -0.15) is 0 Å². The number of carbonyl (C=O) groups is 2. The van der Waals surface area contributed by atoms with Crippen molar-refractivity contribution in [1.82, 2.24) is 20.1 Å². The van der Waals surface area contributed by atoms with Crippen LogP contribution in [0.3, 0.4) is 0 Å². The van der Waals surface area contributed by atoms with Gasteiger partial charge in [0.05, 0.1) is 5.75 Å². The largest absolute Gasteiger partial charge is 0.352 e. The molecule has 3 aromatic rings. The number of hydrogen-bond donors (Lipinski definition) is 2. The van der Waals surface area contributed by atoms with Gasteiger partial charge < -0.3 is 15.2 Å². The van der Waals surface area contributed by atoms with Crippen LogP contribution in [0, 0.1) is 13.8 Å². The Bertz CT molecular complexity index is 1030. The Balaban J connectivity index is 1.50. The maximum absolute atomic E-state index is 12.2. The molecular formula is C23H27N5O2S. The highest BCUT2D eigenvalue weighted by atomic mass is 32.2. The Hall–Kier alpha value is -3.13. The van der Waals surface area contributed by atoms with E-state index in [4.69, 9.17) is 0 Å². The minimum Gasteiger partial charge on any atom is -0.352 e. The van der Waals surface area contributed by atoms with Crippen LogP contribution in [0.25, 0.3) is 0 Å². The van der Waals surface area contributed by atoms with Gasteiger partial charge in [0.15, 0.2) is 5.16 Å². The maximum atomic E-state index is 12.2. The van der Waals surface area contributed by atoms with E-state index in [9.17, 15) is 9.59 Å². The lowest BCUT2D eigenvalue weighted by atomic mass is 10.1.